The third kappa shape index (κ3) is 3.42. The first-order chi connectivity index (χ1) is 10.3. The molecule has 6 heteroatoms. The van der Waals surface area contributed by atoms with Crippen molar-refractivity contribution in [2.45, 2.75) is 12.6 Å². The molecule has 21 heavy (non-hydrogen) atoms. The Morgan fingerprint density at radius 3 is 2.67 bits per heavy atom. The molecule has 3 rings (SSSR count). The fourth-order valence-corrected chi connectivity index (χ4v) is 2.80. The molecule has 5 nitrogen and oxygen atoms in total. The number of thiazole rings is 1. The van der Waals surface area contributed by atoms with Crippen LogP contribution in [0.5, 0.6) is 0 Å². The molecule has 0 unspecified atom stereocenters. The summed E-state index contributed by atoms with van der Waals surface area (Å²) in [4.78, 5) is 12.8. The first-order valence-corrected chi connectivity index (χ1v) is 7.46. The average molecular weight is 297 g/mol. The average Bonchev–Trinajstić information content (AvgIpc) is 3.03. The van der Waals surface area contributed by atoms with Crippen LogP contribution < -0.4 is 11.1 Å². The molecular weight excluding hydrogens is 282 g/mol. The Hall–Kier alpha value is -2.31. The van der Waals surface area contributed by atoms with Gasteiger partial charge in [0, 0.05) is 17.8 Å². The number of aromatic nitrogens is 3. The van der Waals surface area contributed by atoms with Crippen molar-refractivity contribution < 1.29 is 0 Å². The molecule has 0 spiro atoms. The second-order valence-electron chi connectivity index (χ2n) is 4.49. The van der Waals surface area contributed by atoms with E-state index in [0.717, 1.165) is 10.6 Å². The van der Waals surface area contributed by atoms with Crippen LogP contribution in [0.25, 0.3) is 0 Å². The molecule has 0 aliphatic heterocycles. The van der Waals surface area contributed by atoms with Crippen molar-refractivity contribution in [1.82, 2.24) is 20.3 Å². The summed E-state index contributed by atoms with van der Waals surface area (Å²) in [5.74, 6) is 1.15. The van der Waals surface area contributed by atoms with E-state index in [1.54, 1.807) is 23.6 Å². The smallest absolute Gasteiger partial charge is 0.144 e. The topological polar surface area (TPSA) is 76.7 Å². The van der Waals surface area contributed by atoms with Gasteiger partial charge in [-0.3, -0.25) is 5.32 Å². The molecule has 2 aromatic heterocycles. The van der Waals surface area contributed by atoms with E-state index < -0.39 is 0 Å². The van der Waals surface area contributed by atoms with Crippen molar-refractivity contribution in [1.29, 1.82) is 0 Å². The number of nitrogens with two attached hydrogens (primary N) is 1. The number of nitrogens with zero attached hydrogens (tertiary/aromatic N) is 3. The normalized spacial score (nSPS) is 12.2. The summed E-state index contributed by atoms with van der Waals surface area (Å²) < 4.78 is 0. The molecule has 2 heterocycles. The van der Waals surface area contributed by atoms with Gasteiger partial charge in [0.05, 0.1) is 12.6 Å². The van der Waals surface area contributed by atoms with E-state index in [0.29, 0.717) is 18.2 Å². The predicted octanol–water partition coefficient (Wildman–Crippen LogP) is 2.39. The highest BCUT2D eigenvalue weighted by molar-refractivity contribution is 7.09. The number of hydrogen-bond acceptors (Lipinski definition) is 6. The molecule has 0 amide bonds. The first kappa shape index (κ1) is 13.7. The van der Waals surface area contributed by atoms with Crippen molar-refractivity contribution in [2.75, 3.05) is 5.73 Å². The van der Waals surface area contributed by atoms with Gasteiger partial charge in [-0.25, -0.2) is 15.0 Å². The molecule has 0 saturated carbocycles. The molecule has 0 bridgehead atoms. The predicted molar refractivity (Wildman–Crippen MR) is 83.7 cm³/mol. The minimum Gasteiger partial charge on any atom is -0.384 e. The summed E-state index contributed by atoms with van der Waals surface area (Å²) >= 11 is 1.63. The van der Waals surface area contributed by atoms with Crippen LogP contribution in [0.4, 0.5) is 5.82 Å². The molecule has 3 aromatic rings. The maximum absolute atomic E-state index is 5.68. The number of nitrogen functional groups attached to an aromatic ring is 1. The van der Waals surface area contributed by atoms with E-state index in [1.165, 1.54) is 0 Å². The fourth-order valence-electron chi connectivity index (χ4n) is 2.06. The summed E-state index contributed by atoms with van der Waals surface area (Å²) in [6.45, 7) is 0.532. The number of hydrogen-bond donors (Lipinski definition) is 2. The summed E-state index contributed by atoms with van der Waals surface area (Å²) in [7, 11) is 0. The van der Waals surface area contributed by atoms with Crippen LogP contribution in [-0.2, 0) is 6.54 Å². The molecule has 0 aliphatic carbocycles. The van der Waals surface area contributed by atoms with Gasteiger partial charge in [0.1, 0.15) is 16.6 Å². The molecule has 1 aromatic carbocycles. The van der Waals surface area contributed by atoms with Crippen molar-refractivity contribution in [3.8, 4) is 0 Å². The number of benzene rings is 1. The zero-order chi connectivity index (χ0) is 14.5. The zero-order valence-electron chi connectivity index (χ0n) is 11.3. The standard InChI is InChI=1S/C15H15N5S/c16-12-6-7-17-13(20-12)10-19-14(15-18-8-9-21-15)11-4-2-1-3-5-11/h1-9,14,19H,10H2,(H2,16,17,20)/t14-/m1/s1. The van der Waals surface area contributed by atoms with E-state index in [2.05, 4.69) is 32.4 Å². The van der Waals surface area contributed by atoms with Crippen LogP contribution in [0.2, 0.25) is 0 Å². The first-order valence-electron chi connectivity index (χ1n) is 6.58. The second-order valence-corrected chi connectivity index (χ2v) is 5.42. The van der Waals surface area contributed by atoms with E-state index in [9.17, 15) is 0 Å². The summed E-state index contributed by atoms with van der Waals surface area (Å²) in [5.41, 5.74) is 6.84. The quantitative estimate of drug-likeness (QED) is 0.756. The van der Waals surface area contributed by atoms with E-state index >= 15 is 0 Å². The number of anilines is 1. The van der Waals surface area contributed by atoms with Crippen LogP contribution in [0.15, 0.2) is 54.2 Å². The highest BCUT2D eigenvalue weighted by Crippen LogP contribution is 2.23. The number of nitrogens with one attached hydrogen (secondary N) is 1. The van der Waals surface area contributed by atoms with E-state index in [1.807, 2.05) is 29.8 Å². The lowest BCUT2D eigenvalue weighted by Gasteiger charge is -2.16. The Bertz CT molecular complexity index is 684. The Kier molecular flexibility index (Phi) is 4.18. The maximum Gasteiger partial charge on any atom is 0.144 e. The van der Waals surface area contributed by atoms with Crippen LogP contribution in [0, 0.1) is 0 Å². The third-order valence-electron chi connectivity index (χ3n) is 3.02. The van der Waals surface area contributed by atoms with Gasteiger partial charge in [-0.2, -0.15) is 0 Å². The van der Waals surface area contributed by atoms with Gasteiger partial charge in [-0.15, -0.1) is 11.3 Å². The SMILES string of the molecule is Nc1ccnc(CN[C@H](c2ccccc2)c2nccs2)n1. The fraction of sp³-hybridized carbons (Fsp3) is 0.133. The van der Waals surface area contributed by atoms with Crippen LogP contribution in [0.1, 0.15) is 22.4 Å². The lowest BCUT2D eigenvalue weighted by molar-refractivity contribution is 0.584. The van der Waals surface area contributed by atoms with Gasteiger partial charge in [0.15, 0.2) is 0 Å². The summed E-state index contributed by atoms with van der Waals surface area (Å²) in [6.07, 6.45) is 3.48. The molecule has 0 radical (unpaired) electrons. The summed E-state index contributed by atoms with van der Waals surface area (Å²) in [6, 6.07) is 11.9. The van der Waals surface area contributed by atoms with Gasteiger partial charge in [-0.05, 0) is 11.6 Å². The zero-order valence-corrected chi connectivity index (χ0v) is 12.1. The maximum atomic E-state index is 5.68. The Balaban J connectivity index is 1.80. The van der Waals surface area contributed by atoms with Crippen LogP contribution in [-0.4, -0.2) is 15.0 Å². The van der Waals surface area contributed by atoms with Crippen molar-refractivity contribution >= 4 is 17.2 Å². The minimum absolute atomic E-state index is 0.0243. The highest BCUT2D eigenvalue weighted by Gasteiger charge is 2.16. The van der Waals surface area contributed by atoms with Crippen LogP contribution >= 0.6 is 11.3 Å². The summed E-state index contributed by atoms with van der Waals surface area (Å²) in [5, 5.41) is 6.44. The van der Waals surface area contributed by atoms with Gasteiger partial charge >= 0.3 is 0 Å². The van der Waals surface area contributed by atoms with Crippen LogP contribution in [0.3, 0.4) is 0 Å². The molecule has 3 N–H and O–H groups in total. The lowest BCUT2D eigenvalue weighted by Crippen LogP contribution is -2.23. The van der Waals surface area contributed by atoms with E-state index in [-0.39, 0.29) is 6.04 Å². The van der Waals surface area contributed by atoms with Gasteiger partial charge in [-0.1, -0.05) is 30.3 Å². The van der Waals surface area contributed by atoms with Crippen molar-refractivity contribution in [3.05, 3.63) is 70.6 Å². The molecule has 0 saturated heterocycles. The van der Waals surface area contributed by atoms with Crippen molar-refractivity contribution in [2.24, 2.45) is 0 Å². The molecule has 0 aliphatic rings. The third-order valence-corrected chi connectivity index (χ3v) is 3.86. The number of rotatable bonds is 5. The lowest BCUT2D eigenvalue weighted by atomic mass is 10.1. The molecule has 106 valence electrons. The Labute approximate surface area is 126 Å². The highest BCUT2D eigenvalue weighted by atomic mass is 32.1. The van der Waals surface area contributed by atoms with Gasteiger partial charge in [0.25, 0.3) is 0 Å². The second kappa shape index (κ2) is 6.43. The Morgan fingerprint density at radius 2 is 1.95 bits per heavy atom. The largest absolute Gasteiger partial charge is 0.384 e. The van der Waals surface area contributed by atoms with Gasteiger partial charge in [0.2, 0.25) is 0 Å². The minimum atomic E-state index is 0.0243. The van der Waals surface area contributed by atoms with E-state index in [4.69, 9.17) is 5.73 Å². The van der Waals surface area contributed by atoms with Crippen molar-refractivity contribution in [3.63, 3.8) is 0 Å². The van der Waals surface area contributed by atoms with Gasteiger partial charge < -0.3 is 5.73 Å². The monoisotopic (exact) mass is 297 g/mol. The molecular formula is C15H15N5S. The molecule has 1 atom stereocenters. The molecule has 0 fully saturated rings. The Morgan fingerprint density at radius 1 is 1.10 bits per heavy atom.